The number of hydrogen-bond acceptors (Lipinski definition) is 3. The van der Waals surface area contributed by atoms with Crippen LogP contribution in [-0.4, -0.2) is 36.1 Å². The Hall–Kier alpha value is -1.27. The highest BCUT2D eigenvalue weighted by Crippen LogP contribution is 2.17. The van der Waals surface area contributed by atoms with Gasteiger partial charge in [0.15, 0.2) is 5.60 Å². The number of allylic oxidation sites excluding steroid dienone is 1. The standard InChI is InChI=1S/C15H23NO2/c1-4-5-9-15(3,18-14(2)17)10-8-13-16-11-6-7-12-16/h4H,1,5-7,9,11-13H2,2-3H3/t15-/m1/s1. The SMILES string of the molecule is C=CCC[C@](C)(C#CCN1CCCC1)OC(C)=O. The van der Waals surface area contributed by atoms with Gasteiger partial charge < -0.3 is 4.74 Å². The second kappa shape index (κ2) is 7.23. The van der Waals surface area contributed by atoms with Crippen molar-refractivity contribution in [1.29, 1.82) is 0 Å². The van der Waals surface area contributed by atoms with Crippen molar-refractivity contribution in [1.82, 2.24) is 4.90 Å². The molecule has 0 radical (unpaired) electrons. The van der Waals surface area contributed by atoms with Gasteiger partial charge in [0.25, 0.3) is 0 Å². The summed E-state index contributed by atoms with van der Waals surface area (Å²) < 4.78 is 5.33. The van der Waals surface area contributed by atoms with Crippen LogP contribution in [0.5, 0.6) is 0 Å². The molecule has 0 aliphatic carbocycles. The molecule has 0 unspecified atom stereocenters. The molecular formula is C15H23NO2. The largest absolute Gasteiger partial charge is 0.446 e. The van der Waals surface area contributed by atoms with E-state index in [0.29, 0.717) is 6.42 Å². The third kappa shape index (κ3) is 5.37. The smallest absolute Gasteiger partial charge is 0.304 e. The summed E-state index contributed by atoms with van der Waals surface area (Å²) in [5.41, 5.74) is -0.681. The second-order valence-electron chi connectivity index (χ2n) is 4.94. The average molecular weight is 249 g/mol. The maximum atomic E-state index is 11.1. The number of carbonyl (C=O) groups excluding carboxylic acids is 1. The van der Waals surface area contributed by atoms with E-state index >= 15 is 0 Å². The first-order valence-electron chi connectivity index (χ1n) is 6.58. The fraction of sp³-hybridized carbons (Fsp3) is 0.667. The third-order valence-electron chi connectivity index (χ3n) is 3.05. The van der Waals surface area contributed by atoms with Gasteiger partial charge in [0, 0.05) is 13.3 Å². The molecule has 100 valence electrons. The van der Waals surface area contributed by atoms with Gasteiger partial charge in [-0.25, -0.2) is 0 Å². The van der Waals surface area contributed by atoms with E-state index in [2.05, 4.69) is 23.3 Å². The summed E-state index contributed by atoms with van der Waals surface area (Å²) in [6.07, 6.45) is 5.84. The van der Waals surface area contributed by atoms with Crippen LogP contribution in [0.4, 0.5) is 0 Å². The van der Waals surface area contributed by atoms with E-state index in [-0.39, 0.29) is 5.97 Å². The summed E-state index contributed by atoms with van der Waals surface area (Å²) in [5, 5.41) is 0. The number of rotatable bonds is 5. The fourth-order valence-electron chi connectivity index (χ4n) is 2.11. The van der Waals surface area contributed by atoms with E-state index in [1.54, 1.807) is 0 Å². The molecule has 0 spiro atoms. The molecule has 0 bridgehead atoms. The van der Waals surface area contributed by atoms with Crippen LogP contribution in [0.15, 0.2) is 12.7 Å². The summed E-state index contributed by atoms with van der Waals surface area (Å²) in [4.78, 5) is 13.4. The summed E-state index contributed by atoms with van der Waals surface area (Å²) in [7, 11) is 0. The van der Waals surface area contributed by atoms with Crippen molar-refractivity contribution in [3.05, 3.63) is 12.7 Å². The zero-order valence-corrected chi connectivity index (χ0v) is 11.5. The molecule has 0 aromatic carbocycles. The Labute approximate surface area is 110 Å². The molecule has 1 aliphatic rings. The zero-order valence-electron chi connectivity index (χ0n) is 11.5. The number of carbonyl (C=O) groups is 1. The van der Waals surface area contributed by atoms with E-state index in [4.69, 9.17) is 4.74 Å². The van der Waals surface area contributed by atoms with Crippen LogP contribution in [0.25, 0.3) is 0 Å². The molecule has 1 fully saturated rings. The van der Waals surface area contributed by atoms with Gasteiger partial charge in [-0.15, -0.1) is 6.58 Å². The lowest BCUT2D eigenvalue weighted by Gasteiger charge is -2.23. The Kier molecular flexibility index (Phi) is 5.94. The van der Waals surface area contributed by atoms with Crippen LogP contribution in [0.2, 0.25) is 0 Å². The highest BCUT2D eigenvalue weighted by atomic mass is 16.6. The van der Waals surface area contributed by atoms with Crippen molar-refractivity contribution >= 4 is 5.97 Å². The first kappa shape index (κ1) is 14.8. The van der Waals surface area contributed by atoms with Crippen LogP contribution >= 0.6 is 0 Å². The molecule has 1 atom stereocenters. The average Bonchev–Trinajstić information content (AvgIpc) is 2.78. The van der Waals surface area contributed by atoms with Gasteiger partial charge in [0.1, 0.15) is 0 Å². The molecule has 0 aromatic heterocycles. The fourth-order valence-corrected chi connectivity index (χ4v) is 2.11. The maximum absolute atomic E-state index is 11.1. The minimum absolute atomic E-state index is 0.281. The minimum Gasteiger partial charge on any atom is -0.446 e. The Morgan fingerprint density at radius 3 is 2.72 bits per heavy atom. The number of ether oxygens (including phenoxy) is 1. The molecule has 18 heavy (non-hydrogen) atoms. The predicted octanol–water partition coefficient (Wildman–Crippen LogP) is 2.37. The lowest BCUT2D eigenvalue weighted by atomic mass is 10.0. The van der Waals surface area contributed by atoms with Gasteiger partial charge >= 0.3 is 5.97 Å². The highest BCUT2D eigenvalue weighted by Gasteiger charge is 2.24. The van der Waals surface area contributed by atoms with Crippen molar-refractivity contribution in [3.63, 3.8) is 0 Å². The van der Waals surface area contributed by atoms with Crippen LogP contribution in [0.3, 0.4) is 0 Å². The van der Waals surface area contributed by atoms with E-state index in [9.17, 15) is 4.79 Å². The molecule has 1 aliphatic heterocycles. The van der Waals surface area contributed by atoms with Crippen molar-refractivity contribution < 1.29 is 9.53 Å². The summed E-state index contributed by atoms with van der Waals surface area (Å²) in [5.74, 6) is 5.97. The molecular weight excluding hydrogens is 226 g/mol. The van der Waals surface area contributed by atoms with Crippen molar-refractivity contribution in [2.45, 2.75) is 45.1 Å². The van der Waals surface area contributed by atoms with E-state index in [1.807, 2.05) is 13.0 Å². The van der Waals surface area contributed by atoms with Crippen LogP contribution in [0.1, 0.15) is 39.5 Å². The van der Waals surface area contributed by atoms with E-state index < -0.39 is 5.60 Å². The Balaban J connectivity index is 2.55. The Morgan fingerprint density at radius 1 is 1.50 bits per heavy atom. The Morgan fingerprint density at radius 2 is 2.17 bits per heavy atom. The van der Waals surface area contributed by atoms with Gasteiger partial charge in [0.05, 0.1) is 6.54 Å². The van der Waals surface area contributed by atoms with Gasteiger partial charge in [-0.2, -0.15) is 0 Å². The van der Waals surface area contributed by atoms with Gasteiger partial charge in [-0.1, -0.05) is 17.9 Å². The maximum Gasteiger partial charge on any atom is 0.304 e. The van der Waals surface area contributed by atoms with Crippen molar-refractivity contribution in [3.8, 4) is 11.8 Å². The lowest BCUT2D eigenvalue weighted by molar-refractivity contribution is -0.150. The quantitative estimate of drug-likeness (QED) is 0.425. The van der Waals surface area contributed by atoms with E-state index in [1.165, 1.54) is 19.8 Å². The van der Waals surface area contributed by atoms with Crippen LogP contribution < -0.4 is 0 Å². The topological polar surface area (TPSA) is 29.5 Å². The number of nitrogens with zero attached hydrogens (tertiary/aromatic N) is 1. The third-order valence-corrected chi connectivity index (χ3v) is 3.05. The number of hydrogen-bond donors (Lipinski definition) is 0. The van der Waals surface area contributed by atoms with Crippen LogP contribution in [0, 0.1) is 11.8 Å². The molecule has 1 saturated heterocycles. The van der Waals surface area contributed by atoms with E-state index in [0.717, 1.165) is 26.1 Å². The summed E-state index contributed by atoms with van der Waals surface area (Å²) in [6.45, 7) is 10.0. The first-order valence-corrected chi connectivity index (χ1v) is 6.58. The number of esters is 1. The van der Waals surface area contributed by atoms with Gasteiger partial charge in [-0.3, -0.25) is 9.69 Å². The molecule has 1 rings (SSSR count). The normalized spacial score (nSPS) is 18.6. The number of likely N-dealkylation sites (tertiary alicyclic amines) is 1. The van der Waals surface area contributed by atoms with Gasteiger partial charge in [-0.05, 0) is 39.3 Å². The molecule has 1 heterocycles. The predicted molar refractivity (Wildman–Crippen MR) is 73.1 cm³/mol. The molecule has 3 heteroatoms. The minimum atomic E-state index is -0.681. The molecule has 0 amide bonds. The Bertz CT molecular complexity index is 347. The van der Waals surface area contributed by atoms with Gasteiger partial charge in [0.2, 0.25) is 0 Å². The zero-order chi connectivity index (χ0) is 13.4. The molecule has 0 N–H and O–H groups in total. The van der Waals surface area contributed by atoms with Crippen molar-refractivity contribution in [2.75, 3.05) is 19.6 Å². The summed E-state index contributed by atoms with van der Waals surface area (Å²) >= 11 is 0. The van der Waals surface area contributed by atoms with Crippen molar-refractivity contribution in [2.24, 2.45) is 0 Å². The first-order chi connectivity index (χ1) is 8.56. The summed E-state index contributed by atoms with van der Waals surface area (Å²) in [6, 6.07) is 0. The monoisotopic (exact) mass is 249 g/mol. The molecule has 3 nitrogen and oxygen atoms in total. The molecule has 0 aromatic rings. The second-order valence-corrected chi connectivity index (χ2v) is 4.94. The lowest BCUT2D eigenvalue weighted by Crippen LogP contribution is -2.29. The molecule has 0 saturated carbocycles. The van der Waals surface area contributed by atoms with Crippen LogP contribution in [-0.2, 0) is 9.53 Å². The highest BCUT2D eigenvalue weighted by molar-refractivity contribution is 5.67.